The Morgan fingerprint density at radius 1 is 1.07 bits per heavy atom. The molecule has 0 spiro atoms. The average molecular weight is 441 g/mol. The van der Waals surface area contributed by atoms with E-state index >= 15 is 0 Å². The van der Waals surface area contributed by atoms with Crippen LogP contribution in [-0.4, -0.2) is 21.3 Å². The highest BCUT2D eigenvalue weighted by Crippen LogP contribution is 2.39. The van der Waals surface area contributed by atoms with E-state index < -0.39 is 15.8 Å². The maximum Gasteiger partial charge on any atom is 0.270 e. The molecule has 0 fully saturated rings. The molecule has 8 heteroatoms. The van der Waals surface area contributed by atoms with E-state index in [4.69, 9.17) is 4.74 Å². The third-order valence-electron chi connectivity index (χ3n) is 4.82. The van der Waals surface area contributed by atoms with E-state index in [0.29, 0.717) is 22.0 Å². The highest BCUT2D eigenvalue weighted by atomic mass is 32.2. The summed E-state index contributed by atoms with van der Waals surface area (Å²) in [5.41, 5.74) is 3.01. The van der Waals surface area contributed by atoms with E-state index in [0.717, 1.165) is 11.1 Å². The van der Waals surface area contributed by atoms with Gasteiger partial charge >= 0.3 is 0 Å². The molecule has 0 saturated heterocycles. The Bertz CT molecular complexity index is 1210. The topological polar surface area (TPSA) is 75.7 Å². The van der Waals surface area contributed by atoms with Gasteiger partial charge in [0.2, 0.25) is 5.78 Å². The van der Waals surface area contributed by atoms with Gasteiger partial charge in [-0.25, -0.2) is 8.42 Å². The summed E-state index contributed by atoms with van der Waals surface area (Å²) in [5.74, 6) is 0.184. The summed E-state index contributed by atoms with van der Waals surface area (Å²) in [4.78, 5) is 13.1. The first kappa shape index (κ1) is 20.2. The number of ketones is 1. The first-order chi connectivity index (χ1) is 14.4. The molecule has 1 aromatic heterocycles. The molecule has 1 aliphatic rings. The van der Waals surface area contributed by atoms with E-state index in [1.807, 2.05) is 31.2 Å². The van der Waals surface area contributed by atoms with Gasteiger partial charge in [-0.1, -0.05) is 29.8 Å². The lowest BCUT2D eigenvalue weighted by molar-refractivity contribution is 0.104. The van der Waals surface area contributed by atoms with Crippen LogP contribution in [0.1, 0.15) is 20.8 Å². The van der Waals surface area contributed by atoms with Crippen LogP contribution in [0.2, 0.25) is 0 Å². The molecule has 0 unspecified atom stereocenters. The number of sulfonamides is 1. The fraction of sp³-hybridized carbons (Fsp3) is 0.136. The van der Waals surface area contributed by atoms with Crippen LogP contribution in [0.4, 0.5) is 11.4 Å². The maximum absolute atomic E-state index is 13.4. The molecular weight excluding hydrogens is 420 g/mol. The molecule has 4 rings (SSSR count). The van der Waals surface area contributed by atoms with Gasteiger partial charge in [0.05, 0.1) is 19.3 Å². The number of nitrogens with zero attached hydrogens (tertiary/aromatic N) is 1. The number of carbonyl (C=O) groups excluding carboxylic acids is 1. The Morgan fingerprint density at radius 2 is 1.77 bits per heavy atom. The van der Waals surface area contributed by atoms with Crippen LogP contribution < -0.4 is 14.4 Å². The van der Waals surface area contributed by atoms with Crippen LogP contribution in [-0.2, 0) is 16.6 Å². The van der Waals surface area contributed by atoms with Crippen LogP contribution >= 0.6 is 11.3 Å². The van der Waals surface area contributed by atoms with Gasteiger partial charge in [-0.2, -0.15) is 0 Å². The molecule has 1 N–H and O–H groups in total. The number of fused-ring (bicyclic) bond motifs is 1. The van der Waals surface area contributed by atoms with Gasteiger partial charge in [0, 0.05) is 11.9 Å². The Kier molecular flexibility index (Phi) is 5.36. The maximum atomic E-state index is 13.4. The second-order valence-corrected chi connectivity index (χ2v) is 9.59. The Hall–Kier alpha value is -3.10. The van der Waals surface area contributed by atoms with Crippen LogP contribution in [0, 0.1) is 6.92 Å². The summed E-state index contributed by atoms with van der Waals surface area (Å²) in [6.45, 7) is 2.13. The van der Waals surface area contributed by atoms with Gasteiger partial charge < -0.3 is 10.1 Å². The van der Waals surface area contributed by atoms with Crippen LogP contribution in [0.5, 0.6) is 5.75 Å². The second kappa shape index (κ2) is 7.97. The number of hydrogen-bond donors (Lipinski definition) is 1. The molecular formula is C22H20N2O4S2. The molecule has 0 atom stereocenters. The van der Waals surface area contributed by atoms with Gasteiger partial charge in [-0.15, -0.1) is 11.3 Å². The fourth-order valence-electron chi connectivity index (χ4n) is 3.15. The molecule has 2 heterocycles. The van der Waals surface area contributed by atoms with Crippen molar-refractivity contribution in [2.75, 3.05) is 16.7 Å². The van der Waals surface area contributed by atoms with E-state index in [-0.39, 0.29) is 11.4 Å². The summed E-state index contributed by atoms with van der Waals surface area (Å²) in [6.07, 6.45) is 1.27. The van der Waals surface area contributed by atoms with Crippen molar-refractivity contribution in [3.8, 4) is 5.75 Å². The lowest BCUT2D eigenvalue weighted by Crippen LogP contribution is -2.38. The third kappa shape index (κ3) is 3.71. The van der Waals surface area contributed by atoms with Crippen LogP contribution in [0.3, 0.4) is 0 Å². The molecule has 0 radical (unpaired) electrons. The fourth-order valence-corrected chi connectivity index (χ4v) is 5.63. The number of methoxy groups -OCH3 is 1. The number of aryl methyl sites for hydroxylation is 1. The third-order valence-corrected chi connectivity index (χ3v) is 7.49. The highest BCUT2D eigenvalue weighted by Gasteiger charge is 2.41. The van der Waals surface area contributed by atoms with Crippen molar-refractivity contribution < 1.29 is 17.9 Å². The average Bonchev–Trinajstić information content (AvgIpc) is 3.22. The summed E-state index contributed by atoms with van der Waals surface area (Å²) in [7, 11) is -2.46. The zero-order valence-electron chi connectivity index (χ0n) is 16.5. The number of carbonyl (C=O) groups is 1. The molecule has 6 nitrogen and oxygen atoms in total. The molecule has 1 aliphatic heterocycles. The zero-order valence-corrected chi connectivity index (χ0v) is 18.1. The quantitative estimate of drug-likeness (QED) is 0.589. The number of allylic oxidation sites excluding steroid dienone is 1. The summed E-state index contributed by atoms with van der Waals surface area (Å²) in [6, 6.07) is 16.3. The molecule has 2 aromatic carbocycles. The van der Waals surface area contributed by atoms with Crippen LogP contribution in [0.25, 0.3) is 0 Å². The lowest BCUT2D eigenvalue weighted by Gasteiger charge is -2.29. The van der Waals surface area contributed by atoms with Gasteiger partial charge in [-0.3, -0.25) is 9.10 Å². The monoisotopic (exact) mass is 440 g/mol. The second-order valence-electron chi connectivity index (χ2n) is 6.84. The number of ether oxygens (including phenoxy) is 1. The largest absolute Gasteiger partial charge is 0.497 e. The van der Waals surface area contributed by atoms with Gasteiger partial charge in [0.1, 0.15) is 10.6 Å². The SMILES string of the molecule is COc1ccc(N/C=C2/C(=O)c3sccc3N(Cc3ccc(C)cc3)S2(=O)=O)cc1. The van der Waals surface area contributed by atoms with Gasteiger partial charge in [0.15, 0.2) is 4.91 Å². The number of anilines is 2. The minimum Gasteiger partial charge on any atom is -0.497 e. The molecule has 0 aliphatic carbocycles. The van der Waals surface area contributed by atoms with Crippen molar-refractivity contribution in [3.05, 3.63) is 87.1 Å². The van der Waals surface area contributed by atoms with E-state index in [2.05, 4.69) is 5.32 Å². The molecule has 3 aromatic rings. The normalized spacial score (nSPS) is 16.4. The Labute approximate surface area is 179 Å². The number of hydrogen-bond acceptors (Lipinski definition) is 6. The highest BCUT2D eigenvalue weighted by molar-refractivity contribution is 7.97. The van der Waals surface area contributed by atoms with Gasteiger partial charge in [-0.05, 0) is 48.2 Å². The van der Waals surface area contributed by atoms with Crippen molar-refractivity contribution in [1.29, 1.82) is 0 Å². The minimum atomic E-state index is -4.02. The number of rotatable bonds is 5. The number of thiophene rings is 1. The summed E-state index contributed by atoms with van der Waals surface area (Å²) < 4.78 is 33.1. The zero-order chi connectivity index (χ0) is 21.3. The minimum absolute atomic E-state index is 0.152. The molecule has 30 heavy (non-hydrogen) atoms. The van der Waals surface area contributed by atoms with Crippen molar-refractivity contribution >= 4 is 38.5 Å². The van der Waals surface area contributed by atoms with E-state index in [1.165, 1.54) is 21.8 Å². The Morgan fingerprint density at radius 3 is 2.43 bits per heavy atom. The summed E-state index contributed by atoms with van der Waals surface area (Å²) >= 11 is 1.24. The Balaban J connectivity index is 1.70. The predicted molar refractivity (Wildman–Crippen MR) is 120 cm³/mol. The number of benzene rings is 2. The first-order valence-electron chi connectivity index (χ1n) is 9.21. The number of nitrogens with one attached hydrogen (secondary N) is 1. The molecule has 0 saturated carbocycles. The van der Waals surface area contributed by atoms with Crippen molar-refractivity contribution in [2.24, 2.45) is 0 Å². The van der Waals surface area contributed by atoms with Crippen molar-refractivity contribution in [1.82, 2.24) is 0 Å². The van der Waals surface area contributed by atoms with Crippen molar-refractivity contribution in [3.63, 3.8) is 0 Å². The standard InChI is InChI=1S/C22H20N2O4S2/c1-15-3-5-16(6-4-15)14-24-19-11-12-29-22(19)21(25)20(30(24,26)27)13-23-17-7-9-18(28-2)10-8-17/h3-13,23H,14H2,1-2H3/b20-13-. The smallest absolute Gasteiger partial charge is 0.270 e. The lowest BCUT2D eigenvalue weighted by atomic mass is 10.1. The van der Waals surface area contributed by atoms with Crippen molar-refractivity contribution in [2.45, 2.75) is 13.5 Å². The molecule has 0 amide bonds. The van der Waals surface area contributed by atoms with Gasteiger partial charge in [0.25, 0.3) is 10.0 Å². The van der Waals surface area contributed by atoms with E-state index in [1.54, 1.807) is 42.8 Å². The predicted octanol–water partition coefficient (Wildman–Crippen LogP) is 4.55. The van der Waals surface area contributed by atoms with Crippen LogP contribution in [0.15, 0.2) is 71.1 Å². The van der Waals surface area contributed by atoms with E-state index in [9.17, 15) is 13.2 Å². The first-order valence-corrected chi connectivity index (χ1v) is 11.5. The molecule has 0 bridgehead atoms. The molecule has 154 valence electrons. The number of Topliss-reactive ketones (excluding diaryl/α,β-unsaturated/α-hetero) is 1. The summed E-state index contributed by atoms with van der Waals surface area (Å²) in [5, 5.41) is 4.66.